The van der Waals surface area contributed by atoms with Crippen LogP contribution in [0.2, 0.25) is 0 Å². The third-order valence-corrected chi connectivity index (χ3v) is 4.11. The van der Waals surface area contributed by atoms with Crippen molar-refractivity contribution in [2.24, 2.45) is 5.92 Å². The van der Waals surface area contributed by atoms with Gasteiger partial charge in [0.1, 0.15) is 0 Å². The maximum Gasteiger partial charge on any atom is 0.0601 e. The first-order chi connectivity index (χ1) is 9.36. The van der Waals surface area contributed by atoms with Crippen molar-refractivity contribution < 1.29 is 0 Å². The van der Waals surface area contributed by atoms with Crippen LogP contribution in [0.15, 0.2) is 18.2 Å². The molecule has 0 unspecified atom stereocenters. The van der Waals surface area contributed by atoms with Crippen molar-refractivity contribution in [1.82, 2.24) is 4.90 Å². The predicted octanol–water partition coefficient (Wildman–Crippen LogP) is 2.89. The van der Waals surface area contributed by atoms with Crippen molar-refractivity contribution in [1.29, 1.82) is 0 Å². The normalized spacial score (nSPS) is 17.7. The van der Waals surface area contributed by atoms with Crippen molar-refractivity contribution >= 4 is 5.69 Å². The lowest BCUT2D eigenvalue weighted by molar-refractivity contribution is 0.285. The molecule has 0 amide bonds. The highest BCUT2D eigenvalue weighted by molar-refractivity contribution is 5.56. The standard InChI is InChI=1S/C17H22N2/c1-2-11-19(12-14-8-9-14)13-15-5-3-7-17-16(15)6-4-10-18-17/h1,3,5,7,14,18H,4,6,8-13H2. The Morgan fingerprint density at radius 1 is 1.37 bits per heavy atom. The second-order valence-corrected chi connectivity index (χ2v) is 5.79. The van der Waals surface area contributed by atoms with Gasteiger partial charge in [0.15, 0.2) is 0 Å². The molecular formula is C17H22N2. The summed E-state index contributed by atoms with van der Waals surface area (Å²) >= 11 is 0. The van der Waals surface area contributed by atoms with Gasteiger partial charge in [-0.2, -0.15) is 0 Å². The summed E-state index contributed by atoms with van der Waals surface area (Å²) < 4.78 is 0. The lowest BCUT2D eigenvalue weighted by Crippen LogP contribution is -2.27. The third-order valence-electron chi connectivity index (χ3n) is 4.11. The largest absolute Gasteiger partial charge is 0.385 e. The maximum atomic E-state index is 5.51. The molecule has 2 heteroatoms. The molecule has 19 heavy (non-hydrogen) atoms. The second-order valence-electron chi connectivity index (χ2n) is 5.79. The Balaban J connectivity index is 1.75. The summed E-state index contributed by atoms with van der Waals surface area (Å²) in [6, 6.07) is 6.63. The highest BCUT2D eigenvalue weighted by Crippen LogP contribution is 2.31. The van der Waals surface area contributed by atoms with E-state index in [0.29, 0.717) is 0 Å². The monoisotopic (exact) mass is 254 g/mol. The number of nitrogens with one attached hydrogen (secondary N) is 1. The van der Waals surface area contributed by atoms with Gasteiger partial charge in [-0.1, -0.05) is 18.1 Å². The minimum absolute atomic E-state index is 0.771. The van der Waals surface area contributed by atoms with Gasteiger partial charge in [-0.05, 0) is 48.8 Å². The Hall–Kier alpha value is -1.46. The molecule has 1 aliphatic carbocycles. The van der Waals surface area contributed by atoms with Gasteiger partial charge in [-0.15, -0.1) is 6.42 Å². The van der Waals surface area contributed by atoms with Gasteiger partial charge in [0.05, 0.1) is 6.54 Å². The molecule has 1 aliphatic heterocycles. The van der Waals surface area contributed by atoms with Crippen LogP contribution in [0.1, 0.15) is 30.4 Å². The second kappa shape index (κ2) is 5.67. The molecule has 0 radical (unpaired) electrons. The fourth-order valence-corrected chi connectivity index (χ4v) is 2.95. The van der Waals surface area contributed by atoms with E-state index in [1.165, 1.54) is 49.0 Å². The van der Waals surface area contributed by atoms with Gasteiger partial charge in [0, 0.05) is 25.3 Å². The molecule has 100 valence electrons. The van der Waals surface area contributed by atoms with E-state index in [-0.39, 0.29) is 0 Å². The fraction of sp³-hybridized carbons (Fsp3) is 0.529. The number of terminal acetylenes is 1. The first-order valence-corrected chi connectivity index (χ1v) is 7.37. The molecule has 0 bridgehead atoms. The molecule has 1 aromatic carbocycles. The van der Waals surface area contributed by atoms with Gasteiger partial charge in [0.25, 0.3) is 0 Å². The Bertz CT molecular complexity index is 483. The van der Waals surface area contributed by atoms with Crippen LogP contribution in [0.3, 0.4) is 0 Å². The molecule has 1 N–H and O–H groups in total. The number of hydrogen-bond acceptors (Lipinski definition) is 2. The van der Waals surface area contributed by atoms with Crippen LogP contribution in [0.25, 0.3) is 0 Å². The number of rotatable bonds is 5. The zero-order valence-electron chi connectivity index (χ0n) is 11.5. The zero-order chi connectivity index (χ0) is 13.1. The topological polar surface area (TPSA) is 15.3 Å². The van der Waals surface area contributed by atoms with Crippen LogP contribution in [-0.4, -0.2) is 24.5 Å². The Morgan fingerprint density at radius 3 is 3.05 bits per heavy atom. The van der Waals surface area contributed by atoms with Crippen molar-refractivity contribution in [3.05, 3.63) is 29.3 Å². The van der Waals surface area contributed by atoms with Gasteiger partial charge >= 0.3 is 0 Å². The predicted molar refractivity (Wildman–Crippen MR) is 80.1 cm³/mol. The summed E-state index contributed by atoms with van der Waals surface area (Å²) in [6.45, 7) is 4.05. The van der Waals surface area contributed by atoms with Crippen molar-refractivity contribution in [2.75, 3.05) is 25.0 Å². The average Bonchev–Trinajstić information content (AvgIpc) is 3.23. The van der Waals surface area contributed by atoms with Gasteiger partial charge in [-0.25, -0.2) is 0 Å². The Kier molecular flexibility index (Phi) is 3.75. The van der Waals surface area contributed by atoms with Crippen LogP contribution in [0.5, 0.6) is 0 Å². The summed E-state index contributed by atoms with van der Waals surface area (Å²) in [6.07, 6.45) is 10.7. The molecule has 0 saturated heterocycles. The van der Waals surface area contributed by atoms with Gasteiger partial charge in [-0.3, -0.25) is 4.90 Å². The van der Waals surface area contributed by atoms with E-state index < -0.39 is 0 Å². The van der Waals surface area contributed by atoms with E-state index in [2.05, 4.69) is 34.3 Å². The summed E-state index contributed by atoms with van der Waals surface area (Å²) in [4.78, 5) is 2.43. The zero-order valence-corrected chi connectivity index (χ0v) is 11.5. The van der Waals surface area contributed by atoms with Gasteiger partial charge in [0.2, 0.25) is 0 Å². The molecule has 3 rings (SSSR count). The molecule has 1 saturated carbocycles. The quantitative estimate of drug-likeness (QED) is 0.813. The molecular weight excluding hydrogens is 232 g/mol. The van der Waals surface area contributed by atoms with Crippen molar-refractivity contribution in [3.8, 4) is 12.3 Å². The highest BCUT2D eigenvalue weighted by Gasteiger charge is 2.24. The lowest BCUT2D eigenvalue weighted by Gasteiger charge is -2.25. The number of benzene rings is 1. The SMILES string of the molecule is C#CCN(Cc1cccc2c1CCCN2)CC1CC1. The van der Waals surface area contributed by atoms with Crippen LogP contribution in [-0.2, 0) is 13.0 Å². The van der Waals surface area contributed by atoms with Gasteiger partial charge < -0.3 is 5.32 Å². The molecule has 0 atom stereocenters. The first-order valence-electron chi connectivity index (χ1n) is 7.37. The van der Waals surface area contributed by atoms with E-state index in [9.17, 15) is 0 Å². The van der Waals surface area contributed by atoms with E-state index in [1.54, 1.807) is 0 Å². The average molecular weight is 254 g/mol. The summed E-state index contributed by atoms with van der Waals surface area (Å²) in [7, 11) is 0. The maximum absolute atomic E-state index is 5.51. The molecule has 1 aromatic rings. The molecule has 1 fully saturated rings. The third kappa shape index (κ3) is 3.11. The molecule has 0 spiro atoms. The van der Waals surface area contributed by atoms with Crippen molar-refractivity contribution in [3.63, 3.8) is 0 Å². The molecule has 2 aliphatic rings. The van der Waals surface area contributed by atoms with E-state index in [1.807, 2.05) is 0 Å². The summed E-state index contributed by atoms with van der Waals surface area (Å²) in [5, 5.41) is 3.50. The highest BCUT2D eigenvalue weighted by atomic mass is 15.1. The molecule has 2 nitrogen and oxygen atoms in total. The van der Waals surface area contributed by atoms with E-state index in [4.69, 9.17) is 6.42 Å². The summed E-state index contributed by atoms with van der Waals surface area (Å²) in [5.41, 5.74) is 4.29. The number of hydrogen-bond donors (Lipinski definition) is 1. The minimum Gasteiger partial charge on any atom is -0.385 e. The van der Waals surface area contributed by atoms with E-state index in [0.717, 1.165) is 25.6 Å². The number of fused-ring (bicyclic) bond motifs is 1. The fourth-order valence-electron chi connectivity index (χ4n) is 2.95. The number of nitrogens with zero attached hydrogens (tertiary/aromatic N) is 1. The smallest absolute Gasteiger partial charge is 0.0601 e. The number of anilines is 1. The Morgan fingerprint density at radius 2 is 2.26 bits per heavy atom. The van der Waals surface area contributed by atoms with Crippen LogP contribution >= 0.6 is 0 Å². The summed E-state index contributed by atoms with van der Waals surface area (Å²) in [5.74, 6) is 3.71. The van der Waals surface area contributed by atoms with Crippen molar-refractivity contribution in [2.45, 2.75) is 32.2 Å². The minimum atomic E-state index is 0.771. The first kappa shape index (κ1) is 12.6. The lowest BCUT2D eigenvalue weighted by atomic mass is 9.97. The molecule has 0 aromatic heterocycles. The van der Waals surface area contributed by atoms with Crippen LogP contribution in [0.4, 0.5) is 5.69 Å². The Labute approximate surface area is 116 Å². The van der Waals surface area contributed by atoms with E-state index >= 15 is 0 Å². The molecule has 1 heterocycles. The van der Waals surface area contributed by atoms with Crippen LogP contribution < -0.4 is 5.32 Å². The van der Waals surface area contributed by atoms with Crippen LogP contribution in [0, 0.1) is 18.3 Å².